The molecule has 7 fully saturated rings. The molecule has 71 heavy (non-hydrogen) atoms. The van der Waals surface area contributed by atoms with Crippen molar-refractivity contribution in [1.29, 1.82) is 0 Å². The molecule has 1 N–H and O–H groups in total. The van der Waals surface area contributed by atoms with Gasteiger partial charge < -0.3 is 52.5 Å². The molecule has 380 valence electrons. The van der Waals surface area contributed by atoms with Gasteiger partial charge in [0.15, 0.2) is 17.9 Å². The number of hydrogen-bond acceptors (Lipinski definition) is 16. The monoisotopic (exact) mass is 981 g/mol. The van der Waals surface area contributed by atoms with Crippen molar-refractivity contribution in [2.24, 2.45) is 34.0 Å². The first-order valence-electron chi connectivity index (χ1n) is 24.3. The molecule has 10 rings (SSSR count). The first-order valence-corrected chi connectivity index (χ1v) is 24.3. The lowest BCUT2D eigenvalue weighted by Crippen LogP contribution is -2.82. The van der Waals surface area contributed by atoms with Crippen LogP contribution in [0.1, 0.15) is 102 Å². The lowest BCUT2D eigenvalue weighted by atomic mass is 9.46. The maximum absolute atomic E-state index is 15.6. The quantitative estimate of drug-likeness (QED) is 0.166. The molecule has 3 aromatic carbocycles. The van der Waals surface area contributed by atoms with Gasteiger partial charge >= 0.3 is 30.0 Å². The molecule has 3 aromatic rings. The third-order valence-electron chi connectivity index (χ3n) is 17.2. The van der Waals surface area contributed by atoms with Gasteiger partial charge in [-0.2, -0.15) is 0 Å². The standard InChI is InChI=1S/C54H63NO16/c1-27-37-42(65-28(2)56)54-51(9)35(58)25-36-52(26-64-36,69-29(3)57)41(51)44(68-46(59)31-20-16-13-17-21-31)53(54,50(37,7)8)43(70-54)39(27)67-47(60)40-38(30-18-14-12-15-19-30)55(48(61)71-49(4,5)6)45(66-40)33-23-22-32(62-10)24-34(33)63-11/h12-24,27,35-45,58H,25-26H2,1-11H3/t27-,35+,36-,37-,38+,39-,40-,41+,42-,43-,44+,45?,51-,52+,53+,54-/m1/s1. The van der Waals surface area contributed by atoms with Crippen LogP contribution in [0.15, 0.2) is 78.9 Å². The summed E-state index contributed by atoms with van der Waals surface area (Å²) in [5, 5.41) is 12.7. The topological polar surface area (TPSA) is 201 Å². The van der Waals surface area contributed by atoms with Crippen molar-refractivity contribution in [1.82, 2.24) is 4.90 Å². The number of fused-ring (bicyclic) bond motifs is 4. The fraction of sp³-hybridized carbons (Fsp3) is 0.574. The van der Waals surface area contributed by atoms with E-state index in [0.29, 0.717) is 22.6 Å². The number of nitrogens with zero attached hydrogens (tertiary/aromatic N) is 1. The minimum atomic E-state index is -1.60. The largest absolute Gasteiger partial charge is 0.497 e. The molecule has 3 saturated heterocycles. The Labute approximate surface area is 412 Å². The zero-order valence-electron chi connectivity index (χ0n) is 41.9. The van der Waals surface area contributed by atoms with Gasteiger partial charge in [-0.05, 0) is 56.0 Å². The van der Waals surface area contributed by atoms with Gasteiger partial charge in [0.25, 0.3) is 0 Å². The van der Waals surface area contributed by atoms with Gasteiger partial charge in [-0.25, -0.2) is 14.4 Å². The molecule has 1 spiro atoms. The average molecular weight is 982 g/mol. The van der Waals surface area contributed by atoms with Crippen molar-refractivity contribution >= 4 is 30.0 Å². The second-order valence-electron chi connectivity index (χ2n) is 22.0. The van der Waals surface area contributed by atoms with Crippen LogP contribution in [-0.4, -0.2) is 120 Å². The molecular weight excluding hydrogens is 919 g/mol. The van der Waals surface area contributed by atoms with Crippen LogP contribution in [0.4, 0.5) is 4.79 Å². The summed E-state index contributed by atoms with van der Waals surface area (Å²) in [7, 11) is 2.99. The number of rotatable bonds is 10. The summed E-state index contributed by atoms with van der Waals surface area (Å²) in [6, 6.07) is 21.4. The predicted molar refractivity (Wildman–Crippen MR) is 248 cm³/mol. The van der Waals surface area contributed by atoms with Crippen LogP contribution in [-0.2, 0) is 52.3 Å². The maximum Gasteiger partial charge on any atom is 0.413 e. The number of benzene rings is 3. The van der Waals surface area contributed by atoms with E-state index in [1.165, 1.54) is 33.0 Å². The summed E-state index contributed by atoms with van der Waals surface area (Å²) in [6.45, 7) is 15.5. The third-order valence-corrected chi connectivity index (χ3v) is 17.2. The highest BCUT2D eigenvalue weighted by Crippen LogP contribution is 2.89. The van der Waals surface area contributed by atoms with Gasteiger partial charge in [0.2, 0.25) is 0 Å². The van der Waals surface area contributed by atoms with Crippen LogP contribution in [0, 0.1) is 34.0 Å². The van der Waals surface area contributed by atoms with E-state index in [0.717, 1.165) is 0 Å². The van der Waals surface area contributed by atoms with E-state index in [9.17, 15) is 24.3 Å². The lowest BCUT2D eigenvalue weighted by Gasteiger charge is -2.69. The van der Waals surface area contributed by atoms with Crippen LogP contribution < -0.4 is 9.47 Å². The van der Waals surface area contributed by atoms with Gasteiger partial charge in [-0.1, -0.05) is 76.2 Å². The van der Waals surface area contributed by atoms with Gasteiger partial charge in [-0.3, -0.25) is 14.5 Å². The highest BCUT2D eigenvalue weighted by Gasteiger charge is 3.02. The Kier molecular flexibility index (Phi) is 11.5. The molecule has 7 aliphatic rings. The number of esters is 4. The summed E-state index contributed by atoms with van der Waals surface area (Å²) in [6.07, 6.45) is -9.95. The van der Waals surface area contributed by atoms with Crippen LogP contribution in [0.5, 0.6) is 11.5 Å². The van der Waals surface area contributed by atoms with Crippen LogP contribution in [0.2, 0.25) is 0 Å². The molecule has 3 aliphatic heterocycles. The Morgan fingerprint density at radius 1 is 0.831 bits per heavy atom. The van der Waals surface area contributed by atoms with E-state index in [2.05, 4.69) is 0 Å². The molecule has 3 heterocycles. The Hall–Kier alpha value is -5.75. The predicted octanol–water partition coefficient (Wildman–Crippen LogP) is 6.68. The van der Waals surface area contributed by atoms with Crippen LogP contribution in [0.25, 0.3) is 0 Å². The van der Waals surface area contributed by atoms with Crippen molar-refractivity contribution < 1.29 is 76.4 Å². The van der Waals surface area contributed by atoms with E-state index in [4.69, 9.17) is 47.4 Å². The minimum Gasteiger partial charge on any atom is -0.497 e. The molecule has 0 aromatic heterocycles. The first-order chi connectivity index (χ1) is 33.5. The van der Waals surface area contributed by atoms with Gasteiger partial charge in [0, 0.05) is 49.1 Å². The molecule has 17 heteroatoms. The molecular formula is C54H63NO16. The van der Waals surface area contributed by atoms with Crippen molar-refractivity contribution in [2.75, 3.05) is 20.8 Å². The second-order valence-corrected chi connectivity index (χ2v) is 22.0. The van der Waals surface area contributed by atoms with E-state index < -0.39 is 136 Å². The van der Waals surface area contributed by atoms with E-state index in [-0.39, 0.29) is 18.6 Å². The molecule has 4 aliphatic carbocycles. The SMILES string of the molecule is COc1ccc(C2O[C@@H](C(=O)O[C@@H]3[C@H](C)[C@@H]4[C@@H](OC(C)=O)[C@]56O[C@H]3[C@]5([C@@H](OC(=O)c3ccccc3)[C@@H]3[C@]5(OC(C)=O)CO[C@@H]5C[C@H](O)[C@]36C)C4(C)C)[C@H](c3ccccc3)N2C(=O)OC(C)(C)C)c(OC)c1. The summed E-state index contributed by atoms with van der Waals surface area (Å²) < 4.78 is 64.2. The number of aliphatic hydroxyl groups excluding tert-OH is 1. The van der Waals surface area contributed by atoms with Crippen LogP contribution in [0.3, 0.4) is 0 Å². The number of methoxy groups -OCH3 is 2. The third kappa shape index (κ3) is 6.53. The Morgan fingerprint density at radius 2 is 1.51 bits per heavy atom. The lowest BCUT2D eigenvalue weighted by molar-refractivity contribution is -0.408. The first kappa shape index (κ1) is 48.9. The fourth-order valence-electron chi connectivity index (χ4n) is 14.9. The molecule has 1 unspecified atom stereocenters. The molecule has 17 nitrogen and oxygen atoms in total. The van der Waals surface area contributed by atoms with Crippen molar-refractivity contribution in [3.63, 3.8) is 0 Å². The Bertz CT molecular complexity index is 2640. The average Bonchev–Trinajstić information content (AvgIpc) is 3.76. The van der Waals surface area contributed by atoms with E-state index in [1.807, 2.05) is 33.8 Å². The van der Waals surface area contributed by atoms with Crippen molar-refractivity contribution in [3.05, 3.63) is 95.6 Å². The van der Waals surface area contributed by atoms with Crippen molar-refractivity contribution in [2.45, 2.75) is 141 Å². The normalized spacial score (nSPS) is 38.7. The zero-order valence-corrected chi connectivity index (χ0v) is 41.9. The molecule has 4 saturated carbocycles. The maximum atomic E-state index is 15.6. The summed E-state index contributed by atoms with van der Waals surface area (Å²) in [4.78, 5) is 73.0. The van der Waals surface area contributed by atoms with E-state index in [1.54, 1.807) is 93.6 Å². The number of hydrogen-bond donors (Lipinski definition) is 1. The highest BCUT2D eigenvalue weighted by molar-refractivity contribution is 5.89. The number of amides is 1. The second kappa shape index (κ2) is 16.6. The smallest absolute Gasteiger partial charge is 0.413 e. The Morgan fingerprint density at radius 3 is 2.10 bits per heavy atom. The number of ether oxygens (including phenoxy) is 10. The highest BCUT2D eigenvalue weighted by atomic mass is 16.7. The van der Waals surface area contributed by atoms with Gasteiger partial charge in [0.05, 0.1) is 43.8 Å². The van der Waals surface area contributed by atoms with E-state index >= 15 is 4.79 Å². The minimum absolute atomic E-state index is 0.0333. The molecule has 1 amide bonds. The number of carbonyl (C=O) groups is 5. The summed E-state index contributed by atoms with van der Waals surface area (Å²) in [5.74, 6) is -4.17. The van der Waals surface area contributed by atoms with Crippen LogP contribution >= 0.6 is 0 Å². The molecule has 0 radical (unpaired) electrons. The zero-order chi connectivity index (χ0) is 51.0. The fourth-order valence-corrected chi connectivity index (χ4v) is 14.9. The number of aliphatic hydroxyl groups is 1. The summed E-state index contributed by atoms with van der Waals surface area (Å²) in [5.41, 5.74) is -6.54. The molecule has 2 bridgehead atoms. The molecule has 16 atom stereocenters. The Balaban J connectivity index is 1.13. The summed E-state index contributed by atoms with van der Waals surface area (Å²) >= 11 is 0. The van der Waals surface area contributed by atoms with Gasteiger partial charge in [0.1, 0.15) is 59.3 Å². The van der Waals surface area contributed by atoms with Gasteiger partial charge in [-0.15, -0.1) is 0 Å². The van der Waals surface area contributed by atoms with Crippen molar-refractivity contribution in [3.8, 4) is 11.5 Å². The number of carbonyl (C=O) groups excluding carboxylic acids is 5.